The predicted molar refractivity (Wildman–Crippen MR) is 90.3 cm³/mol. The van der Waals surface area contributed by atoms with Gasteiger partial charge < -0.3 is 4.74 Å². The summed E-state index contributed by atoms with van der Waals surface area (Å²) in [5.41, 5.74) is 0.831. The van der Waals surface area contributed by atoms with E-state index in [1.165, 1.54) is 12.3 Å². The highest BCUT2D eigenvalue weighted by Crippen LogP contribution is 2.32. The molecule has 8 heteroatoms. The van der Waals surface area contributed by atoms with E-state index in [4.69, 9.17) is 16.3 Å². The molecular weight excluding hydrogens is 346 g/mol. The molecule has 0 saturated carbocycles. The summed E-state index contributed by atoms with van der Waals surface area (Å²) in [6.45, 7) is 2.08. The highest BCUT2D eigenvalue weighted by molar-refractivity contribution is 6.52. The second-order valence-corrected chi connectivity index (χ2v) is 5.59. The van der Waals surface area contributed by atoms with Gasteiger partial charge in [0.05, 0.1) is 18.8 Å². The lowest BCUT2D eigenvalue weighted by Crippen LogP contribution is -2.33. The highest BCUT2D eigenvalue weighted by Gasteiger charge is 2.46. The Morgan fingerprint density at radius 2 is 1.88 bits per heavy atom. The molecule has 128 valence electrons. The minimum Gasteiger partial charge on any atom is -0.492 e. The second-order valence-electron chi connectivity index (χ2n) is 5.20. The molecule has 1 aliphatic rings. The number of carbonyl (C=O) groups is 3. The zero-order valence-corrected chi connectivity index (χ0v) is 14.1. The Bertz CT molecular complexity index is 855. The maximum Gasteiger partial charge on any atom is 0.339 e. The lowest BCUT2D eigenvalue weighted by molar-refractivity contribution is -0.139. The summed E-state index contributed by atoms with van der Waals surface area (Å²) < 4.78 is 5.45. The number of hydrogen-bond donors (Lipinski definition) is 0. The number of imide groups is 2. The van der Waals surface area contributed by atoms with Gasteiger partial charge in [-0.1, -0.05) is 23.7 Å². The van der Waals surface area contributed by atoms with E-state index in [9.17, 15) is 14.4 Å². The molecule has 1 aromatic heterocycles. The van der Waals surface area contributed by atoms with Crippen molar-refractivity contribution in [1.82, 2.24) is 9.88 Å². The molecule has 0 atom stereocenters. The van der Waals surface area contributed by atoms with Crippen molar-refractivity contribution in [3.05, 3.63) is 53.3 Å². The molecule has 1 saturated heterocycles. The molecule has 2 heterocycles. The van der Waals surface area contributed by atoms with Crippen molar-refractivity contribution in [2.45, 2.75) is 13.5 Å². The molecule has 7 nitrogen and oxygen atoms in total. The number of amides is 4. The number of halogens is 1. The summed E-state index contributed by atoms with van der Waals surface area (Å²) in [4.78, 5) is 42.9. The maximum absolute atomic E-state index is 12.7. The first-order chi connectivity index (χ1) is 12.0. The van der Waals surface area contributed by atoms with Crippen LogP contribution in [0.4, 0.5) is 10.5 Å². The van der Waals surface area contributed by atoms with Gasteiger partial charge in [0.2, 0.25) is 0 Å². The normalized spacial score (nSPS) is 14.4. The van der Waals surface area contributed by atoms with Gasteiger partial charge in [0.15, 0.2) is 0 Å². The fourth-order valence-electron chi connectivity index (χ4n) is 2.50. The average Bonchev–Trinajstić information content (AvgIpc) is 2.80. The number of carbonyl (C=O) groups excluding carboxylic acids is 3. The lowest BCUT2D eigenvalue weighted by Gasteiger charge is -2.18. The quantitative estimate of drug-likeness (QED) is 0.466. The van der Waals surface area contributed by atoms with Gasteiger partial charge in [-0.2, -0.15) is 0 Å². The van der Waals surface area contributed by atoms with Crippen LogP contribution in [-0.2, 0) is 16.1 Å². The van der Waals surface area contributed by atoms with Crippen LogP contribution in [0.1, 0.15) is 12.5 Å². The first kappa shape index (κ1) is 16.9. The Hall–Kier alpha value is -2.93. The summed E-state index contributed by atoms with van der Waals surface area (Å²) in [5, 5.41) is 0.237. The molecule has 3 rings (SSSR count). The summed E-state index contributed by atoms with van der Waals surface area (Å²) in [6, 6.07) is 8.99. The number of nitrogens with zero attached hydrogens (tertiary/aromatic N) is 3. The minimum absolute atomic E-state index is 0.0705. The third kappa shape index (κ3) is 3.18. The topological polar surface area (TPSA) is 79.8 Å². The molecule has 1 fully saturated rings. The molecule has 4 amide bonds. The predicted octanol–water partition coefficient (Wildman–Crippen LogP) is 2.63. The number of urea groups is 1. The number of hydrogen-bond acceptors (Lipinski definition) is 5. The SMILES string of the molecule is CCOc1ccccc1N1C(=O)C(=O)N(Cc2ccnc(Cl)c2)C1=O. The molecule has 0 N–H and O–H groups in total. The fourth-order valence-corrected chi connectivity index (χ4v) is 2.70. The number of rotatable bonds is 5. The van der Waals surface area contributed by atoms with Crippen molar-refractivity contribution >= 4 is 35.1 Å². The summed E-state index contributed by atoms with van der Waals surface area (Å²) >= 11 is 5.82. The Labute approximate surface area is 148 Å². The smallest absolute Gasteiger partial charge is 0.339 e. The van der Waals surface area contributed by atoms with Crippen LogP contribution in [0.5, 0.6) is 5.75 Å². The van der Waals surface area contributed by atoms with E-state index in [2.05, 4.69) is 4.98 Å². The van der Waals surface area contributed by atoms with E-state index in [-0.39, 0.29) is 17.4 Å². The molecule has 0 unspecified atom stereocenters. The first-order valence-corrected chi connectivity index (χ1v) is 7.93. The van der Waals surface area contributed by atoms with Gasteiger partial charge >= 0.3 is 17.8 Å². The van der Waals surface area contributed by atoms with Crippen molar-refractivity contribution in [2.75, 3.05) is 11.5 Å². The molecule has 0 radical (unpaired) electrons. The van der Waals surface area contributed by atoms with Crippen LogP contribution in [0.2, 0.25) is 5.15 Å². The Kier molecular flexibility index (Phi) is 4.67. The van der Waals surface area contributed by atoms with Crippen LogP contribution in [-0.4, -0.2) is 34.3 Å². The van der Waals surface area contributed by atoms with Crippen molar-refractivity contribution in [3.8, 4) is 5.75 Å². The van der Waals surface area contributed by atoms with Crippen LogP contribution in [0, 0.1) is 0 Å². The van der Waals surface area contributed by atoms with E-state index in [1.54, 1.807) is 37.3 Å². The minimum atomic E-state index is -0.919. The summed E-state index contributed by atoms with van der Waals surface area (Å²) in [6.07, 6.45) is 1.46. The highest BCUT2D eigenvalue weighted by atomic mass is 35.5. The molecule has 25 heavy (non-hydrogen) atoms. The Morgan fingerprint density at radius 1 is 1.12 bits per heavy atom. The third-order valence-electron chi connectivity index (χ3n) is 3.59. The van der Waals surface area contributed by atoms with Gasteiger partial charge in [-0.25, -0.2) is 14.7 Å². The van der Waals surface area contributed by atoms with Gasteiger partial charge in [-0.3, -0.25) is 14.5 Å². The van der Waals surface area contributed by atoms with E-state index in [0.717, 1.165) is 9.80 Å². The van der Waals surface area contributed by atoms with E-state index >= 15 is 0 Å². The van der Waals surface area contributed by atoms with E-state index < -0.39 is 17.8 Å². The molecule has 0 aliphatic carbocycles. The van der Waals surface area contributed by atoms with Crippen molar-refractivity contribution in [2.24, 2.45) is 0 Å². The monoisotopic (exact) mass is 359 g/mol. The number of para-hydroxylation sites is 2. The van der Waals surface area contributed by atoms with Gasteiger partial charge in [-0.05, 0) is 36.8 Å². The molecule has 0 bridgehead atoms. The number of anilines is 1. The number of ether oxygens (including phenoxy) is 1. The van der Waals surface area contributed by atoms with E-state index in [0.29, 0.717) is 17.9 Å². The summed E-state index contributed by atoms with van der Waals surface area (Å²) in [7, 11) is 0. The van der Waals surface area contributed by atoms with E-state index in [1.807, 2.05) is 0 Å². The third-order valence-corrected chi connectivity index (χ3v) is 3.80. The van der Waals surface area contributed by atoms with Crippen molar-refractivity contribution < 1.29 is 19.1 Å². The number of pyridine rings is 1. The standard InChI is InChI=1S/C17H14ClN3O4/c1-2-25-13-6-4-3-5-12(13)21-16(23)15(22)20(17(21)24)10-11-7-8-19-14(18)9-11/h3-9H,2,10H2,1H3. The van der Waals surface area contributed by atoms with Gasteiger partial charge in [0.1, 0.15) is 10.9 Å². The maximum atomic E-state index is 12.7. The average molecular weight is 360 g/mol. The van der Waals surface area contributed by atoms with Crippen LogP contribution >= 0.6 is 11.6 Å². The molecule has 1 aromatic carbocycles. The zero-order chi connectivity index (χ0) is 18.0. The van der Waals surface area contributed by atoms with Gasteiger partial charge in [-0.15, -0.1) is 0 Å². The summed E-state index contributed by atoms with van der Waals surface area (Å²) in [5.74, 6) is -1.46. The molecule has 2 aromatic rings. The second kappa shape index (κ2) is 6.90. The first-order valence-electron chi connectivity index (χ1n) is 7.55. The molecular formula is C17H14ClN3O4. The Morgan fingerprint density at radius 3 is 2.60 bits per heavy atom. The number of benzene rings is 1. The Balaban J connectivity index is 1.92. The number of aromatic nitrogens is 1. The van der Waals surface area contributed by atoms with Crippen LogP contribution in [0.15, 0.2) is 42.6 Å². The van der Waals surface area contributed by atoms with Gasteiger partial charge in [0, 0.05) is 6.20 Å². The zero-order valence-electron chi connectivity index (χ0n) is 13.3. The molecule has 1 aliphatic heterocycles. The van der Waals surface area contributed by atoms with Crippen LogP contribution in [0.25, 0.3) is 0 Å². The van der Waals surface area contributed by atoms with Crippen LogP contribution < -0.4 is 9.64 Å². The van der Waals surface area contributed by atoms with Crippen molar-refractivity contribution in [1.29, 1.82) is 0 Å². The van der Waals surface area contributed by atoms with Crippen LogP contribution in [0.3, 0.4) is 0 Å². The van der Waals surface area contributed by atoms with Crippen molar-refractivity contribution in [3.63, 3.8) is 0 Å². The molecule has 0 spiro atoms. The fraction of sp³-hybridized carbons (Fsp3) is 0.176. The van der Waals surface area contributed by atoms with Gasteiger partial charge in [0.25, 0.3) is 0 Å². The lowest BCUT2D eigenvalue weighted by atomic mass is 10.2. The largest absolute Gasteiger partial charge is 0.492 e.